The molecule has 2 aromatic heterocycles. The lowest BCUT2D eigenvalue weighted by molar-refractivity contribution is -0.122. The number of fused-ring (bicyclic) bond motifs is 1. The minimum absolute atomic E-state index is 0.0804. The second-order valence-electron chi connectivity index (χ2n) is 6.80. The van der Waals surface area contributed by atoms with Crippen molar-refractivity contribution >= 4 is 34.1 Å². The van der Waals surface area contributed by atoms with E-state index in [1.807, 2.05) is 30.3 Å². The fourth-order valence-electron chi connectivity index (χ4n) is 3.10. The molecule has 0 aliphatic carbocycles. The van der Waals surface area contributed by atoms with Crippen LogP contribution >= 0.6 is 11.3 Å². The van der Waals surface area contributed by atoms with Gasteiger partial charge in [0.05, 0.1) is 24.0 Å². The Hall–Kier alpha value is -3.85. The van der Waals surface area contributed by atoms with Crippen LogP contribution in [0.15, 0.2) is 65.6 Å². The summed E-state index contributed by atoms with van der Waals surface area (Å²) in [5.41, 5.74) is 6.88. The van der Waals surface area contributed by atoms with Crippen molar-refractivity contribution in [2.45, 2.75) is 19.9 Å². The number of rotatable bonds is 5. The molecule has 9 heteroatoms. The number of carbonyl (C=O) groups is 2. The van der Waals surface area contributed by atoms with Crippen LogP contribution in [0.25, 0.3) is 21.5 Å². The number of aryl methyl sites for hydroxylation is 2. The number of thiazole rings is 1. The Morgan fingerprint density at radius 2 is 1.77 bits per heavy atom. The Morgan fingerprint density at radius 3 is 2.58 bits per heavy atom. The quantitative estimate of drug-likeness (QED) is 0.471. The van der Waals surface area contributed by atoms with E-state index in [0.29, 0.717) is 21.5 Å². The number of hydrogen-bond donors (Lipinski definition) is 2. The van der Waals surface area contributed by atoms with Crippen LogP contribution in [0.3, 0.4) is 0 Å². The maximum atomic E-state index is 12.5. The smallest absolute Gasteiger partial charge is 0.281 e. The highest BCUT2D eigenvalue weighted by Crippen LogP contribution is 2.27. The van der Waals surface area contributed by atoms with E-state index in [4.69, 9.17) is 0 Å². The molecule has 0 spiro atoms. The highest BCUT2D eigenvalue weighted by molar-refractivity contribution is 7.17. The average molecular weight is 433 g/mol. The summed E-state index contributed by atoms with van der Waals surface area (Å²) in [6.07, 6.45) is 1.32. The van der Waals surface area contributed by atoms with Gasteiger partial charge in [-0.2, -0.15) is 5.10 Å². The van der Waals surface area contributed by atoms with Crippen LogP contribution in [0.5, 0.6) is 0 Å². The van der Waals surface area contributed by atoms with Gasteiger partial charge in [-0.25, -0.2) is 4.98 Å². The molecule has 4 rings (SSSR count). The van der Waals surface area contributed by atoms with E-state index in [1.165, 1.54) is 17.5 Å². The molecule has 0 aliphatic heterocycles. The topological polar surface area (TPSA) is 106 Å². The molecule has 2 heterocycles. The van der Waals surface area contributed by atoms with Gasteiger partial charge in [-0.3, -0.25) is 29.9 Å². The molecular formula is C22H19N5O3S. The van der Waals surface area contributed by atoms with Gasteiger partial charge >= 0.3 is 0 Å². The summed E-state index contributed by atoms with van der Waals surface area (Å²) < 4.78 is 1.59. The Labute approximate surface area is 181 Å². The fraction of sp³-hybridized carbons (Fsp3) is 0.136. The molecule has 0 unspecified atom stereocenters. The lowest BCUT2D eigenvalue weighted by Gasteiger charge is -2.10. The average Bonchev–Trinajstić information content (AvgIpc) is 3.19. The molecule has 0 bridgehead atoms. The van der Waals surface area contributed by atoms with Gasteiger partial charge in [0.25, 0.3) is 5.91 Å². The summed E-state index contributed by atoms with van der Waals surface area (Å²) >= 11 is 1.27. The normalized spacial score (nSPS) is 10.7. The molecule has 0 saturated heterocycles. The molecule has 2 amide bonds. The second kappa shape index (κ2) is 8.88. The first-order valence-electron chi connectivity index (χ1n) is 9.60. The summed E-state index contributed by atoms with van der Waals surface area (Å²) in [6, 6.07) is 16.7. The van der Waals surface area contributed by atoms with E-state index in [1.54, 1.807) is 35.9 Å². The van der Waals surface area contributed by atoms with Crippen LogP contribution in [0.2, 0.25) is 0 Å². The summed E-state index contributed by atoms with van der Waals surface area (Å²) in [7, 11) is 0. The van der Waals surface area contributed by atoms with Crippen molar-refractivity contribution in [1.82, 2.24) is 25.6 Å². The molecular weight excluding hydrogens is 414 g/mol. The Morgan fingerprint density at radius 1 is 1.03 bits per heavy atom. The number of aromatic nitrogens is 3. The van der Waals surface area contributed by atoms with Crippen LogP contribution in [-0.4, -0.2) is 26.6 Å². The van der Waals surface area contributed by atoms with Crippen LogP contribution in [0, 0.1) is 6.92 Å². The molecule has 8 nitrogen and oxygen atoms in total. The second-order valence-corrected chi connectivity index (χ2v) is 7.80. The fourth-order valence-corrected chi connectivity index (χ4v) is 4.07. The van der Waals surface area contributed by atoms with Crippen molar-refractivity contribution in [2.75, 3.05) is 0 Å². The SMILES string of the molecule is Cc1nc(-c2ccccc2)sc1C(=O)NNC(=O)CCn1ncc(=O)c2ccccc21. The number of nitrogens with zero attached hydrogens (tertiary/aromatic N) is 3. The molecule has 2 N–H and O–H groups in total. The zero-order valence-corrected chi connectivity index (χ0v) is 17.5. The van der Waals surface area contributed by atoms with E-state index in [0.717, 1.165) is 10.6 Å². The van der Waals surface area contributed by atoms with Crippen molar-refractivity contribution < 1.29 is 9.59 Å². The minimum atomic E-state index is -0.419. The first-order chi connectivity index (χ1) is 15.0. The van der Waals surface area contributed by atoms with Crippen molar-refractivity contribution in [1.29, 1.82) is 0 Å². The number of nitrogens with one attached hydrogen (secondary N) is 2. The number of amides is 2. The van der Waals surface area contributed by atoms with Gasteiger partial charge in [-0.1, -0.05) is 42.5 Å². The van der Waals surface area contributed by atoms with E-state index in [-0.39, 0.29) is 24.3 Å². The predicted molar refractivity (Wildman–Crippen MR) is 119 cm³/mol. The van der Waals surface area contributed by atoms with Gasteiger partial charge < -0.3 is 0 Å². The molecule has 4 aromatic rings. The van der Waals surface area contributed by atoms with Gasteiger partial charge in [-0.05, 0) is 19.1 Å². The molecule has 0 fully saturated rings. The third kappa shape index (κ3) is 4.51. The molecule has 0 saturated carbocycles. The number of para-hydroxylation sites is 1. The van der Waals surface area contributed by atoms with Gasteiger partial charge in [0.1, 0.15) is 9.88 Å². The zero-order valence-electron chi connectivity index (χ0n) is 16.7. The van der Waals surface area contributed by atoms with Gasteiger partial charge in [0.15, 0.2) is 0 Å². The number of benzene rings is 2. The molecule has 156 valence electrons. The number of carbonyl (C=O) groups excluding carboxylic acids is 2. The maximum Gasteiger partial charge on any atom is 0.281 e. The number of hydrogen-bond acceptors (Lipinski definition) is 6. The van der Waals surface area contributed by atoms with E-state index in [9.17, 15) is 14.4 Å². The predicted octanol–water partition coefficient (Wildman–Crippen LogP) is 2.68. The third-order valence-electron chi connectivity index (χ3n) is 4.65. The lowest BCUT2D eigenvalue weighted by Crippen LogP contribution is -2.41. The van der Waals surface area contributed by atoms with Crippen molar-refractivity contribution in [3.05, 3.63) is 81.6 Å². The summed E-state index contributed by atoms with van der Waals surface area (Å²) in [5.74, 6) is -0.791. The van der Waals surface area contributed by atoms with Crippen LogP contribution < -0.4 is 16.3 Å². The Kier molecular flexibility index (Phi) is 5.85. The minimum Gasteiger partial charge on any atom is -0.287 e. The molecule has 31 heavy (non-hydrogen) atoms. The monoisotopic (exact) mass is 433 g/mol. The first kappa shape index (κ1) is 20.4. The van der Waals surface area contributed by atoms with Crippen molar-refractivity contribution in [2.24, 2.45) is 0 Å². The summed E-state index contributed by atoms with van der Waals surface area (Å²) in [6.45, 7) is 2.02. The van der Waals surface area contributed by atoms with E-state index >= 15 is 0 Å². The van der Waals surface area contributed by atoms with E-state index in [2.05, 4.69) is 20.9 Å². The Bertz CT molecular complexity index is 1310. The Balaban J connectivity index is 1.37. The molecule has 2 aromatic carbocycles. The largest absolute Gasteiger partial charge is 0.287 e. The van der Waals surface area contributed by atoms with Gasteiger partial charge in [-0.15, -0.1) is 11.3 Å². The van der Waals surface area contributed by atoms with Gasteiger partial charge in [0, 0.05) is 17.4 Å². The van der Waals surface area contributed by atoms with Crippen LogP contribution in [0.1, 0.15) is 21.8 Å². The third-order valence-corrected chi connectivity index (χ3v) is 5.86. The molecule has 0 radical (unpaired) electrons. The standard InChI is InChI=1S/C22H19N5O3S/c1-14-20(31-22(24-14)15-7-3-2-4-8-15)21(30)26-25-19(29)11-12-27-17-10-6-5-9-16(17)18(28)13-23-27/h2-10,13H,11-12H2,1H3,(H,25,29)(H,26,30). The highest BCUT2D eigenvalue weighted by Gasteiger charge is 2.17. The maximum absolute atomic E-state index is 12.5. The van der Waals surface area contributed by atoms with Crippen LogP contribution in [0.4, 0.5) is 0 Å². The lowest BCUT2D eigenvalue weighted by atomic mass is 10.2. The summed E-state index contributed by atoms with van der Waals surface area (Å²) in [5, 5.41) is 5.38. The molecule has 0 aliphatic rings. The first-order valence-corrected chi connectivity index (χ1v) is 10.4. The zero-order chi connectivity index (χ0) is 21.8. The van der Waals surface area contributed by atoms with Crippen molar-refractivity contribution in [3.63, 3.8) is 0 Å². The van der Waals surface area contributed by atoms with E-state index < -0.39 is 5.91 Å². The van der Waals surface area contributed by atoms with Crippen molar-refractivity contribution in [3.8, 4) is 10.6 Å². The summed E-state index contributed by atoms with van der Waals surface area (Å²) in [4.78, 5) is 41.5. The van der Waals surface area contributed by atoms with Crippen LogP contribution in [-0.2, 0) is 11.3 Å². The molecule has 0 atom stereocenters. The van der Waals surface area contributed by atoms with Gasteiger partial charge in [0.2, 0.25) is 11.3 Å². The number of hydrazine groups is 1. The highest BCUT2D eigenvalue weighted by atomic mass is 32.1.